The summed E-state index contributed by atoms with van der Waals surface area (Å²) >= 11 is 3.35. The number of hydrogen-bond donors (Lipinski definition) is 1. The van der Waals surface area contributed by atoms with Crippen molar-refractivity contribution in [1.29, 1.82) is 0 Å². The molecule has 2 rings (SSSR count). The van der Waals surface area contributed by atoms with Crippen LogP contribution >= 0.6 is 15.9 Å². The van der Waals surface area contributed by atoms with Gasteiger partial charge in [-0.2, -0.15) is 0 Å². The largest absolute Gasteiger partial charge is 0.442 e. The molecule has 0 fully saturated rings. The quantitative estimate of drug-likeness (QED) is 0.900. The predicted molar refractivity (Wildman–Crippen MR) is 77.2 cm³/mol. The molecule has 1 heterocycles. The molecule has 106 valence electrons. The zero-order valence-corrected chi connectivity index (χ0v) is 12.5. The maximum Gasteiger partial charge on any atom is 0.442 e. The number of rotatable bonds is 5. The van der Waals surface area contributed by atoms with Gasteiger partial charge >= 0.3 is 5.76 Å². The molecule has 1 aromatic carbocycles. The molecular weight excluding hydrogens is 326 g/mol. The Balaban J connectivity index is 2.28. The Hall–Kier alpha value is -1.89. The van der Waals surface area contributed by atoms with Crippen molar-refractivity contribution in [1.82, 2.24) is 15.0 Å². The van der Waals surface area contributed by atoms with E-state index in [0.29, 0.717) is 17.9 Å². The summed E-state index contributed by atoms with van der Waals surface area (Å²) in [5.41, 5.74) is 0.702. The summed E-state index contributed by atoms with van der Waals surface area (Å²) in [4.78, 5) is 23.4. The number of halogens is 1. The number of benzene rings is 1. The van der Waals surface area contributed by atoms with Gasteiger partial charge in [-0.15, -0.1) is 0 Å². The molecular formula is C13H14BrN3O3. The lowest BCUT2D eigenvalue weighted by Crippen LogP contribution is -2.31. The lowest BCUT2D eigenvalue weighted by Gasteiger charge is -2.05. The molecule has 1 amide bonds. The van der Waals surface area contributed by atoms with Crippen LogP contribution in [-0.4, -0.2) is 22.2 Å². The summed E-state index contributed by atoms with van der Waals surface area (Å²) in [5.74, 6) is -0.553. The normalized spacial score (nSPS) is 10.5. The van der Waals surface area contributed by atoms with E-state index in [1.807, 2.05) is 19.1 Å². The standard InChI is InChI=1S/C13H14BrN3O3/c1-2-6-15-11(18)8-17-12(16-20-13(17)19)9-4-3-5-10(14)7-9/h3-5,7H,2,6,8H2,1H3,(H,15,18). The highest BCUT2D eigenvalue weighted by Crippen LogP contribution is 2.20. The van der Waals surface area contributed by atoms with Gasteiger partial charge in [0.1, 0.15) is 6.54 Å². The third kappa shape index (κ3) is 3.36. The molecule has 6 nitrogen and oxygen atoms in total. The molecule has 0 unspecified atom stereocenters. The highest BCUT2D eigenvalue weighted by atomic mass is 79.9. The van der Waals surface area contributed by atoms with Gasteiger partial charge < -0.3 is 5.32 Å². The van der Waals surface area contributed by atoms with Gasteiger partial charge in [0.25, 0.3) is 0 Å². The summed E-state index contributed by atoms with van der Waals surface area (Å²) in [6.45, 7) is 2.42. The molecule has 1 aromatic heterocycles. The molecule has 1 N–H and O–H groups in total. The van der Waals surface area contributed by atoms with Crippen molar-refractivity contribution in [2.24, 2.45) is 0 Å². The van der Waals surface area contributed by atoms with E-state index in [9.17, 15) is 9.59 Å². The second-order valence-corrected chi connectivity index (χ2v) is 5.13. The van der Waals surface area contributed by atoms with Crippen molar-refractivity contribution >= 4 is 21.8 Å². The van der Waals surface area contributed by atoms with Gasteiger partial charge in [0.2, 0.25) is 5.91 Å². The molecule has 0 aliphatic rings. The number of amides is 1. The van der Waals surface area contributed by atoms with Gasteiger partial charge in [0.15, 0.2) is 5.82 Å². The fourth-order valence-electron chi connectivity index (χ4n) is 1.71. The van der Waals surface area contributed by atoms with E-state index in [1.54, 1.807) is 12.1 Å². The first-order valence-electron chi connectivity index (χ1n) is 6.21. The molecule has 0 saturated heterocycles. The monoisotopic (exact) mass is 339 g/mol. The highest BCUT2D eigenvalue weighted by Gasteiger charge is 2.15. The SMILES string of the molecule is CCCNC(=O)Cn1c(-c2cccc(Br)c2)noc1=O. The minimum absolute atomic E-state index is 0.107. The van der Waals surface area contributed by atoms with E-state index >= 15 is 0 Å². The van der Waals surface area contributed by atoms with Gasteiger partial charge in [0.05, 0.1) is 0 Å². The highest BCUT2D eigenvalue weighted by molar-refractivity contribution is 9.10. The van der Waals surface area contributed by atoms with Crippen LogP contribution in [-0.2, 0) is 11.3 Å². The van der Waals surface area contributed by atoms with E-state index < -0.39 is 5.76 Å². The molecule has 20 heavy (non-hydrogen) atoms. The van der Waals surface area contributed by atoms with Gasteiger partial charge in [0, 0.05) is 16.6 Å². The van der Waals surface area contributed by atoms with E-state index in [0.717, 1.165) is 10.9 Å². The Labute approximate surface area is 123 Å². The van der Waals surface area contributed by atoms with Crippen LogP contribution < -0.4 is 11.1 Å². The molecule has 2 aromatic rings. The lowest BCUT2D eigenvalue weighted by atomic mass is 10.2. The summed E-state index contributed by atoms with van der Waals surface area (Å²) < 4.78 is 6.73. The summed E-state index contributed by atoms with van der Waals surface area (Å²) in [5, 5.41) is 6.45. The van der Waals surface area contributed by atoms with E-state index in [1.165, 1.54) is 4.57 Å². The van der Waals surface area contributed by atoms with E-state index in [2.05, 4.69) is 30.9 Å². The summed E-state index contributed by atoms with van der Waals surface area (Å²) in [7, 11) is 0. The number of carbonyl (C=O) groups excluding carboxylic acids is 1. The zero-order valence-electron chi connectivity index (χ0n) is 10.9. The second kappa shape index (κ2) is 6.51. The third-order valence-corrected chi connectivity index (χ3v) is 3.14. The van der Waals surface area contributed by atoms with E-state index in [4.69, 9.17) is 0 Å². The van der Waals surface area contributed by atoms with Crippen molar-refractivity contribution in [2.75, 3.05) is 6.54 Å². The summed E-state index contributed by atoms with van der Waals surface area (Å²) in [6, 6.07) is 7.28. The van der Waals surface area contributed by atoms with Gasteiger partial charge in [-0.25, -0.2) is 9.36 Å². The first-order valence-corrected chi connectivity index (χ1v) is 7.00. The fraction of sp³-hybridized carbons (Fsp3) is 0.308. The second-order valence-electron chi connectivity index (χ2n) is 4.22. The number of nitrogens with zero attached hydrogens (tertiary/aromatic N) is 2. The molecule has 0 atom stereocenters. The topological polar surface area (TPSA) is 77.1 Å². The van der Waals surface area contributed by atoms with Crippen LogP contribution in [0.2, 0.25) is 0 Å². The first kappa shape index (κ1) is 14.5. The minimum Gasteiger partial charge on any atom is -0.355 e. The fourth-order valence-corrected chi connectivity index (χ4v) is 2.11. The number of carbonyl (C=O) groups is 1. The lowest BCUT2D eigenvalue weighted by molar-refractivity contribution is -0.121. The average molecular weight is 340 g/mol. The van der Waals surface area contributed by atoms with Crippen molar-refractivity contribution in [3.8, 4) is 11.4 Å². The van der Waals surface area contributed by atoms with Crippen LogP contribution in [0.25, 0.3) is 11.4 Å². The molecule has 0 aliphatic heterocycles. The van der Waals surface area contributed by atoms with Crippen LogP contribution in [0.4, 0.5) is 0 Å². The van der Waals surface area contributed by atoms with Gasteiger partial charge in [-0.1, -0.05) is 40.1 Å². The molecule has 0 radical (unpaired) electrons. The van der Waals surface area contributed by atoms with Crippen molar-refractivity contribution in [3.63, 3.8) is 0 Å². The molecule has 0 bridgehead atoms. The zero-order chi connectivity index (χ0) is 14.5. The maximum atomic E-state index is 11.7. The van der Waals surface area contributed by atoms with Crippen molar-refractivity contribution in [2.45, 2.75) is 19.9 Å². The smallest absolute Gasteiger partial charge is 0.355 e. The Morgan fingerprint density at radius 3 is 3.00 bits per heavy atom. The van der Waals surface area contributed by atoms with Crippen LogP contribution in [0.15, 0.2) is 38.1 Å². The van der Waals surface area contributed by atoms with Crippen molar-refractivity contribution in [3.05, 3.63) is 39.3 Å². The Bertz CT molecular complexity index is 663. The third-order valence-electron chi connectivity index (χ3n) is 2.64. The maximum absolute atomic E-state index is 11.7. The number of aromatic nitrogens is 2. The number of hydrogen-bond acceptors (Lipinski definition) is 4. The first-order chi connectivity index (χ1) is 9.61. The van der Waals surface area contributed by atoms with Gasteiger partial charge in [-0.3, -0.25) is 9.32 Å². The molecule has 7 heteroatoms. The number of nitrogens with one attached hydrogen (secondary N) is 1. The Morgan fingerprint density at radius 2 is 2.30 bits per heavy atom. The minimum atomic E-state index is -0.647. The van der Waals surface area contributed by atoms with Crippen molar-refractivity contribution < 1.29 is 9.32 Å². The molecule has 0 saturated carbocycles. The molecule has 0 spiro atoms. The Kier molecular flexibility index (Phi) is 4.73. The van der Waals surface area contributed by atoms with Crippen LogP contribution in [0, 0.1) is 0 Å². The predicted octanol–water partition coefficient (Wildman–Crippen LogP) is 1.79. The van der Waals surface area contributed by atoms with Crippen LogP contribution in [0.3, 0.4) is 0 Å². The van der Waals surface area contributed by atoms with Crippen LogP contribution in [0.1, 0.15) is 13.3 Å². The van der Waals surface area contributed by atoms with Crippen LogP contribution in [0.5, 0.6) is 0 Å². The summed E-state index contributed by atoms with van der Waals surface area (Å²) in [6.07, 6.45) is 0.836. The Morgan fingerprint density at radius 1 is 1.50 bits per heavy atom. The average Bonchev–Trinajstić information content (AvgIpc) is 2.78. The van der Waals surface area contributed by atoms with E-state index in [-0.39, 0.29) is 12.5 Å². The van der Waals surface area contributed by atoms with Gasteiger partial charge in [-0.05, 0) is 18.6 Å². The molecule has 0 aliphatic carbocycles.